The third-order valence-electron chi connectivity index (χ3n) is 2.88. The molecule has 0 spiro atoms. The molecule has 2 aromatic carbocycles. The number of alkyl halides is 1. The number of carbonyl (C=O) groups excluding carboxylic acids is 2. The molecule has 0 saturated carbocycles. The third-order valence-corrected chi connectivity index (χ3v) is 3.03. The summed E-state index contributed by atoms with van der Waals surface area (Å²) in [6.07, 6.45) is -0.591. The maximum atomic E-state index is 11.8. The van der Waals surface area contributed by atoms with Crippen molar-refractivity contribution in [2.45, 2.75) is 0 Å². The Labute approximate surface area is 126 Å². The predicted molar refractivity (Wildman–Crippen MR) is 81.0 cm³/mol. The number of rotatable bonds is 4. The number of anilines is 1. The Morgan fingerprint density at radius 2 is 1.86 bits per heavy atom. The van der Waals surface area contributed by atoms with E-state index in [0.29, 0.717) is 16.6 Å². The molecule has 0 aromatic heterocycles. The number of ether oxygens (including phenoxy) is 2. The first-order valence-electron chi connectivity index (χ1n) is 6.27. The number of methoxy groups -OCH3 is 1. The van der Waals surface area contributed by atoms with E-state index < -0.39 is 12.1 Å². The Hall–Kier alpha value is -2.27. The van der Waals surface area contributed by atoms with Crippen LogP contribution >= 0.6 is 11.6 Å². The van der Waals surface area contributed by atoms with Crippen molar-refractivity contribution < 1.29 is 19.1 Å². The number of fused-ring (bicyclic) bond motifs is 1. The van der Waals surface area contributed by atoms with Gasteiger partial charge in [-0.2, -0.15) is 0 Å². The van der Waals surface area contributed by atoms with E-state index in [1.165, 1.54) is 7.11 Å². The highest BCUT2D eigenvalue weighted by atomic mass is 35.5. The lowest BCUT2D eigenvalue weighted by Gasteiger charge is -2.11. The van der Waals surface area contributed by atoms with Crippen LogP contribution in [0.5, 0.6) is 0 Å². The van der Waals surface area contributed by atoms with Crippen molar-refractivity contribution in [1.29, 1.82) is 0 Å². The largest absolute Gasteiger partial charge is 0.465 e. The van der Waals surface area contributed by atoms with E-state index in [1.807, 2.05) is 12.1 Å². The highest BCUT2D eigenvalue weighted by Crippen LogP contribution is 2.27. The number of hydrogen-bond acceptors (Lipinski definition) is 4. The number of hydrogen-bond donors (Lipinski definition) is 1. The van der Waals surface area contributed by atoms with E-state index in [9.17, 15) is 9.59 Å². The molecule has 0 fully saturated rings. The maximum absolute atomic E-state index is 11.8. The number of benzene rings is 2. The zero-order chi connectivity index (χ0) is 15.2. The molecule has 0 aliphatic rings. The van der Waals surface area contributed by atoms with Crippen molar-refractivity contribution in [1.82, 2.24) is 0 Å². The van der Waals surface area contributed by atoms with Gasteiger partial charge in [0.15, 0.2) is 0 Å². The Bertz CT molecular complexity index is 672. The summed E-state index contributed by atoms with van der Waals surface area (Å²) >= 11 is 5.46. The second-order valence-corrected chi connectivity index (χ2v) is 4.53. The lowest BCUT2D eigenvalue weighted by atomic mass is 10.0. The summed E-state index contributed by atoms with van der Waals surface area (Å²) in [6.45, 7) is 0.131. The normalized spacial score (nSPS) is 10.2. The average molecular weight is 308 g/mol. The molecule has 2 rings (SSSR count). The molecule has 2 aromatic rings. The minimum absolute atomic E-state index is 0.131. The van der Waals surface area contributed by atoms with Gasteiger partial charge in [0.1, 0.15) is 6.61 Å². The van der Waals surface area contributed by atoms with E-state index in [-0.39, 0.29) is 12.5 Å². The number of esters is 1. The lowest BCUT2D eigenvalue weighted by Crippen LogP contribution is -2.15. The van der Waals surface area contributed by atoms with Gasteiger partial charge in [0.2, 0.25) is 0 Å². The topological polar surface area (TPSA) is 64.6 Å². The van der Waals surface area contributed by atoms with Gasteiger partial charge in [-0.3, -0.25) is 5.32 Å². The molecule has 0 aliphatic carbocycles. The van der Waals surface area contributed by atoms with Gasteiger partial charge >= 0.3 is 12.1 Å². The lowest BCUT2D eigenvalue weighted by molar-refractivity contribution is 0.0603. The van der Waals surface area contributed by atoms with E-state index in [1.54, 1.807) is 24.3 Å². The number of halogens is 1. The van der Waals surface area contributed by atoms with Crippen LogP contribution in [-0.2, 0) is 9.47 Å². The van der Waals surface area contributed by atoms with Gasteiger partial charge in [0.25, 0.3) is 0 Å². The summed E-state index contributed by atoms with van der Waals surface area (Å²) in [5.74, 6) is -0.197. The quantitative estimate of drug-likeness (QED) is 0.694. The molecular weight excluding hydrogens is 294 g/mol. The van der Waals surface area contributed by atoms with Crippen molar-refractivity contribution in [2.75, 3.05) is 24.9 Å². The number of amides is 1. The minimum Gasteiger partial charge on any atom is -0.465 e. The van der Waals surface area contributed by atoms with Crippen LogP contribution in [0.3, 0.4) is 0 Å². The maximum Gasteiger partial charge on any atom is 0.411 e. The fourth-order valence-electron chi connectivity index (χ4n) is 1.97. The molecule has 0 aliphatic heterocycles. The molecule has 0 bridgehead atoms. The second kappa shape index (κ2) is 6.95. The van der Waals surface area contributed by atoms with Crippen molar-refractivity contribution in [3.05, 3.63) is 42.0 Å². The van der Waals surface area contributed by atoms with Gasteiger partial charge in [-0.25, -0.2) is 9.59 Å². The van der Waals surface area contributed by atoms with Crippen LogP contribution < -0.4 is 5.32 Å². The average Bonchev–Trinajstić information content (AvgIpc) is 2.52. The van der Waals surface area contributed by atoms with Gasteiger partial charge in [0, 0.05) is 5.39 Å². The molecule has 21 heavy (non-hydrogen) atoms. The zero-order valence-electron chi connectivity index (χ0n) is 11.4. The van der Waals surface area contributed by atoms with Gasteiger partial charge in [-0.1, -0.05) is 24.3 Å². The summed E-state index contributed by atoms with van der Waals surface area (Å²) < 4.78 is 9.62. The van der Waals surface area contributed by atoms with Crippen molar-refractivity contribution in [3.63, 3.8) is 0 Å². The third kappa shape index (κ3) is 3.44. The molecule has 0 radical (unpaired) electrons. The molecule has 6 heteroatoms. The second-order valence-electron chi connectivity index (χ2n) is 4.15. The van der Waals surface area contributed by atoms with Gasteiger partial charge in [-0.05, 0) is 17.5 Å². The molecule has 0 atom stereocenters. The fraction of sp³-hybridized carbons (Fsp3) is 0.200. The summed E-state index contributed by atoms with van der Waals surface area (Å²) in [6, 6.07) is 10.5. The van der Waals surface area contributed by atoms with Gasteiger partial charge in [-0.15, -0.1) is 11.6 Å². The standard InChI is InChI=1S/C15H14ClNO4/c1-20-14(18)12-6-7-13(17-15(19)21-9-8-16)11-5-3-2-4-10(11)12/h2-7H,8-9H2,1H3,(H,17,19). The van der Waals surface area contributed by atoms with Crippen LogP contribution in [0.25, 0.3) is 10.8 Å². The van der Waals surface area contributed by atoms with E-state index in [0.717, 1.165) is 5.39 Å². The molecule has 0 saturated heterocycles. The minimum atomic E-state index is -0.591. The Morgan fingerprint density at radius 3 is 2.52 bits per heavy atom. The summed E-state index contributed by atoms with van der Waals surface area (Å²) in [5, 5.41) is 4.05. The van der Waals surface area contributed by atoms with Crippen LogP contribution in [0.4, 0.5) is 10.5 Å². The summed E-state index contributed by atoms with van der Waals surface area (Å²) in [5.41, 5.74) is 0.991. The molecule has 5 nitrogen and oxygen atoms in total. The summed E-state index contributed by atoms with van der Waals surface area (Å²) in [7, 11) is 1.33. The van der Waals surface area contributed by atoms with Crippen molar-refractivity contribution in [2.24, 2.45) is 0 Å². The smallest absolute Gasteiger partial charge is 0.411 e. The van der Waals surface area contributed by atoms with Crippen LogP contribution in [0.1, 0.15) is 10.4 Å². The molecule has 0 heterocycles. The SMILES string of the molecule is COC(=O)c1ccc(NC(=O)OCCCl)c2ccccc12. The van der Waals surface area contributed by atoms with Crippen LogP contribution in [-0.4, -0.2) is 31.7 Å². The van der Waals surface area contributed by atoms with Crippen molar-refractivity contribution >= 4 is 40.1 Å². The van der Waals surface area contributed by atoms with Crippen molar-refractivity contribution in [3.8, 4) is 0 Å². The van der Waals surface area contributed by atoms with E-state index in [2.05, 4.69) is 5.32 Å². The first-order chi connectivity index (χ1) is 10.2. The van der Waals surface area contributed by atoms with E-state index in [4.69, 9.17) is 21.1 Å². The first kappa shape index (κ1) is 15.1. The Morgan fingerprint density at radius 1 is 1.14 bits per heavy atom. The molecule has 0 unspecified atom stereocenters. The van der Waals surface area contributed by atoms with Crippen LogP contribution in [0.2, 0.25) is 0 Å². The number of nitrogens with one attached hydrogen (secondary N) is 1. The van der Waals surface area contributed by atoms with E-state index >= 15 is 0 Å². The molecular formula is C15H14ClNO4. The summed E-state index contributed by atoms with van der Waals surface area (Å²) in [4.78, 5) is 23.4. The Kier molecular flexibility index (Phi) is 5.00. The van der Waals surface area contributed by atoms with Crippen LogP contribution in [0.15, 0.2) is 36.4 Å². The Balaban J connectivity index is 2.38. The molecule has 1 amide bonds. The van der Waals surface area contributed by atoms with Gasteiger partial charge in [0.05, 0.1) is 24.2 Å². The molecule has 1 N–H and O–H groups in total. The van der Waals surface area contributed by atoms with Gasteiger partial charge < -0.3 is 9.47 Å². The van der Waals surface area contributed by atoms with Crippen LogP contribution in [0, 0.1) is 0 Å². The zero-order valence-corrected chi connectivity index (χ0v) is 12.1. The fourth-order valence-corrected chi connectivity index (χ4v) is 2.05. The highest BCUT2D eigenvalue weighted by Gasteiger charge is 2.13. The number of carbonyl (C=O) groups is 2. The predicted octanol–water partition coefficient (Wildman–Crippen LogP) is 3.41. The monoisotopic (exact) mass is 307 g/mol. The highest BCUT2D eigenvalue weighted by molar-refractivity contribution is 6.18. The first-order valence-corrected chi connectivity index (χ1v) is 6.80. The molecule has 110 valence electrons.